The molecule has 0 aromatic carbocycles. The Morgan fingerprint density at radius 1 is 1.33 bits per heavy atom. The third kappa shape index (κ3) is 6.06. The summed E-state index contributed by atoms with van der Waals surface area (Å²) in [7, 11) is 1.92. The third-order valence-corrected chi connectivity index (χ3v) is 4.85. The van der Waals surface area contributed by atoms with E-state index in [4.69, 9.17) is 9.73 Å². The summed E-state index contributed by atoms with van der Waals surface area (Å²) < 4.78 is 7.34. The fourth-order valence-electron chi connectivity index (χ4n) is 3.43. The molecule has 27 heavy (non-hydrogen) atoms. The molecule has 1 aromatic rings. The fraction of sp³-hybridized carbons (Fsp3) is 0.722. The molecular formula is C18H31IN6O2. The number of carbonyl (C=O) groups is 1. The lowest BCUT2D eigenvalue weighted by molar-refractivity contribution is -0.142. The Hall–Kier alpha value is -1.36. The van der Waals surface area contributed by atoms with E-state index in [9.17, 15) is 4.79 Å². The van der Waals surface area contributed by atoms with Gasteiger partial charge in [0, 0.05) is 59.1 Å². The lowest BCUT2D eigenvalue weighted by Gasteiger charge is -2.37. The minimum atomic E-state index is -0.220. The number of nitrogens with one attached hydrogen (secondary N) is 1. The van der Waals surface area contributed by atoms with Crippen LogP contribution in [0.1, 0.15) is 25.3 Å². The van der Waals surface area contributed by atoms with Crippen LogP contribution in [0.15, 0.2) is 17.4 Å². The highest BCUT2D eigenvalue weighted by atomic mass is 127. The van der Waals surface area contributed by atoms with E-state index < -0.39 is 0 Å². The molecule has 2 aliphatic rings. The van der Waals surface area contributed by atoms with Crippen LogP contribution >= 0.6 is 24.0 Å². The van der Waals surface area contributed by atoms with Crippen LogP contribution in [0.4, 0.5) is 0 Å². The van der Waals surface area contributed by atoms with Gasteiger partial charge in [0.15, 0.2) is 5.96 Å². The van der Waals surface area contributed by atoms with Gasteiger partial charge in [-0.15, -0.1) is 24.0 Å². The van der Waals surface area contributed by atoms with Gasteiger partial charge >= 0.3 is 0 Å². The maximum absolute atomic E-state index is 12.5. The molecule has 3 heterocycles. The second-order valence-electron chi connectivity index (χ2n) is 6.82. The molecule has 0 aliphatic carbocycles. The molecule has 0 radical (unpaired) electrons. The predicted molar refractivity (Wildman–Crippen MR) is 115 cm³/mol. The summed E-state index contributed by atoms with van der Waals surface area (Å²) in [6.45, 7) is 7.41. The van der Waals surface area contributed by atoms with Gasteiger partial charge in [0.2, 0.25) is 0 Å². The zero-order valence-corrected chi connectivity index (χ0v) is 18.6. The summed E-state index contributed by atoms with van der Waals surface area (Å²) >= 11 is 0. The fourth-order valence-corrected chi connectivity index (χ4v) is 3.43. The van der Waals surface area contributed by atoms with E-state index in [1.807, 2.05) is 29.0 Å². The van der Waals surface area contributed by atoms with Crippen molar-refractivity contribution in [2.24, 2.45) is 12.0 Å². The van der Waals surface area contributed by atoms with Crippen molar-refractivity contribution in [3.63, 3.8) is 0 Å². The average Bonchev–Trinajstić information content (AvgIpc) is 3.32. The molecule has 9 heteroatoms. The van der Waals surface area contributed by atoms with Gasteiger partial charge in [-0.1, -0.05) is 0 Å². The van der Waals surface area contributed by atoms with Crippen LogP contribution < -0.4 is 5.32 Å². The first-order valence-corrected chi connectivity index (χ1v) is 9.58. The zero-order valence-electron chi connectivity index (χ0n) is 16.3. The maximum Gasteiger partial charge on any atom is 0.251 e. The van der Waals surface area contributed by atoms with Gasteiger partial charge in [0.25, 0.3) is 5.91 Å². The number of rotatable bonds is 5. The number of piperazine rings is 1. The van der Waals surface area contributed by atoms with E-state index in [-0.39, 0.29) is 36.0 Å². The Bertz CT molecular complexity index is 621. The van der Waals surface area contributed by atoms with E-state index in [1.54, 1.807) is 0 Å². The van der Waals surface area contributed by atoms with Crippen LogP contribution in [0, 0.1) is 0 Å². The van der Waals surface area contributed by atoms with Crippen LogP contribution in [0.5, 0.6) is 0 Å². The predicted octanol–water partition coefficient (Wildman–Crippen LogP) is 0.869. The van der Waals surface area contributed by atoms with Crippen LogP contribution in [0.2, 0.25) is 0 Å². The molecule has 1 N–H and O–H groups in total. The molecule has 0 spiro atoms. The maximum atomic E-state index is 12.5. The summed E-state index contributed by atoms with van der Waals surface area (Å²) in [6.07, 6.45) is 6.42. The lowest BCUT2D eigenvalue weighted by atomic mass is 10.2. The van der Waals surface area contributed by atoms with Crippen LogP contribution in [-0.2, 0) is 23.0 Å². The number of amides is 1. The minimum absolute atomic E-state index is 0. The van der Waals surface area contributed by atoms with Crippen LogP contribution in [-0.4, -0.2) is 83.4 Å². The van der Waals surface area contributed by atoms with Crippen molar-refractivity contribution in [1.29, 1.82) is 0 Å². The number of aliphatic imine (C=N–C) groups is 1. The van der Waals surface area contributed by atoms with Gasteiger partial charge in [0.1, 0.15) is 6.10 Å². The minimum Gasteiger partial charge on any atom is -0.368 e. The number of carbonyl (C=O) groups excluding carboxylic acids is 1. The van der Waals surface area contributed by atoms with Crippen LogP contribution in [0.3, 0.4) is 0 Å². The van der Waals surface area contributed by atoms with E-state index in [0.29, 0.717) is 6.61 Å². The molecule has 1 atom stereocenters. The Kier molecular flexibility index (Phi) is 8.81. The average molecular weight is 490 g/mol. The third-order valence-electron chi connectivity index (χ3n) is 4.85. The first-order chi connectivity index (χ1) is 12.7. The van der Waals surface area contributed by atoms with E-state index in [0.717, 1.165) is 64.5 Å². The largest absolute Gasteiger partial charge is 0.368 e. The zero-order chi connectivity index (χ0) is 18.4. The second kappa shape index (κ2) is 10.8. The molecule has 8 nitrogen and oxygen atoms in total. The number of ether oxygens (including phenoxy) is 1. The molecule has 152 valence electrons. The smallest absolute Gasteiger partial charge is 0.251 e. The molecule has 1 unspecified atom stereocenters. The molecule has 1 amide bonds. The Balaban J connectivity index is 0.00000261. The molecule has 0 bridgehead atoms. The van der Waals surface area contributed by atoms with Crippen molar-refractivity contribution in [3.05, 3.63) is 18.0 Å². The van der Waals surface area contributed by atoms with Crippen molar-refractivity contribution in [2.75, 3.05) is 45.9 Å². The Labute approximate surface area is 178 Å². The van der Waals surface area contributed by atoms with Gasteiger partial charge in [0.05, 0.1) is 6.20 Å². The van der Waals surface area contributed by atoms with Crippen molar-refractivity contribution in [2.45, 2.75) is 32.3 Å². The highest BCUT2D eigenvalue weighted by molar-refractivity contribution is 14.0. The van der Waals surface area contributed by atoms with Crippen LogP contribution in [0.25, 0.3) is 0 Å². The second-order valence-corrected chi connectivity index (χ2v) is 6.82. The van der Waals surface area contributed by atoms with E-state index in [2.05, 4.69) is 22.2 Å². The summed E-state index contributed by atoms with van der Waals surface area (Å²) in [5, 5.41) is 7.56. The number of halogens is 1. The Morgan fingerprint density at radius 2 is 2.07 bits per heavy atom. The van der Waals surface area contributed by atoms with Crippen molar-refractivity contribution in [1.82, 2.24) is 24.9 Å². The number of hydrogen-bond donors (Lipinski definition) is 1. The first kappa shape index (κ1) is 21.9. The summed E-state index contributed by atoms with van der Waals surface area (Å²) in [5.74, 6) is 1.08. The molecule has 2 saturated heterocycles. The van der Waals surface area contributed by atoms with Crippen molar-refractivity contribution < 1.29 is 9.53 Å². The molecular weight excluding hydrogens is 459 g/mol. The Morgan fingerprint density at radius 3 is 2.67 bits per heavy atom. The highest BCUT2D eigenvalue weighted by Gasteiger charge is 2.30. The SMILES string of the molecule is CCNC(=NCCc1cnn(C)c1)N1CCN(C(=O)C2CCCO2)CC1.I. The quantitative estimate of drug-likeness (QED) is 0.377. The molecule has 1 aromatic heterocycles. The van der Waals surface area contributed by atoms with E-state index >= 15 is 0 Å². The summed E-state index contributed by atoms with van der Waals surface area (Å²) in [6, 6.07) is 0. The molecule has 2 aliphatic heterocycles. The molecule has 0 saturated carbocycles. The first-order valence-electron chi connectivity index (χ1n) is 9.58. The number of nitrogens with zero attached hydrogens (tertiary/aromatic N) is 5. The number of aromatic nitrogens is 2. The van der Waals surface area contributed by atoms with Gasteiger partial charge in [-0.05, 0) is 31.7 Å². The van der Waals surface area contributed by atoms with Crippen molar-refractivity contribution in [3.8, 4) is 0 Å². The van der Waals surface area contributed by atoms with Gasteiger partial charge in [-0.2, -0.15) is 5.10 Å². The topological polar surface area (TPSA) is 75.0 Å². The number of hydrogen-bond acceptors (Lipinski definition) is 4. The number of aryl methyl sites for hydroxylation is 1. The monoisotopic (exact) mass is 490 g/mol. The molecule has 3 rings (SSSR count). The van der Waals surface area contributed by atoms with Gasteiger partial charge in [-0.25, -0.2) is 0 Å². The molecule has 2 fully saturated rings. The van der Waals surface area contributed by atoms with E-state index in [1.165, 1.54) is 5.56 Å². The van der Waals surface area contributed by atoms with Gasteiger partial charge in [-0.3, -0.25) is 14.5 Å². The number of guanidine groups is 1. The summed E-state index contributed by atoms with van der Waals surface area (Å²) in [5.41, 5.74) is 1.19. The standard InChI is InChI=1S/C18H30N6O2.HI/c1-3-19-18(20-7-6-15-13-21-22(2)14-15)24-10-8-23(9-11-24)17(25)16-5-4-12-26-16;/h13-14,16H,3-12H2,1-2H3,(H,19,20);1H. The van der Waals surface area contributed by atoms with Crippen molar-refractivity contribution >= 4 is 35.8 Å². The lowest BCUT2D eigenvalue weighted by Crippen LogP contribution is -2.55. The summed E-state index contributed by atoms with van der Waals surface area (Å²) in [4.78, 5) is 21.4. The van der Waals surface area contributed by atoms with Gasteiger partial charge < -0.3 is 19.9 Å². The normalized spacial score (nSPS) is 20.5. The highest BCUT2D eigenvalue weighted by Crippen LogP contribution is 2.16.